The zero-order valence-corrected chi connectivity index (χ0v) is 18.8. The fourth-order valence-corrected chi connectivity index (χ4v) is 12.8. The van der Waals surface area contributed by atoms with E-state index >= 15 is 0 Å². The number of hydrogen-bond acceptors (Lipinski definition) is 2. The van der Waals surface area contributed by atoms with Crippen LogP contribution in [0.15, 0.2) is 91.0 Å². The van der Waals surface area contributed by atoms with Gasteiger partial charge in [-0.1, -0.05) is 0 Å². The van der Waals surface area contributed by atoms with Gasteiger partial charge >= 0.3 is 176 Å². The van der Waals surface area contributed by atoms with Gasteiger partial charge in [-0.25, -0.2) is 0 Å². The second-order valence-electron chi connectivity index (χ2n) is 7.74. The predicted octanol–water partition coefficient (Wildman–Crippen LogP) is 4.98. The molecule has 1 heterocycles. The van der Waals surface area contributed by atoms with Crippen LogP contribution in [-0.4, -0.2) is 24.7 Å². The van der Waals surface area contributed by atoms with Crippen LogP contribution in [0, 0.1) is 0 Å². The molecular weight excluding hydrogens is 431 g/mol. The van der Waals surface area contributed by atoms with Crippen LogP contribution in [0.5, 0.6) is 0 Å². The maximum atomic E-state index is 6.13. The molecule has 0 saturated carbocycles. The Bertz CT molecular complexity index is 823. The van der Waals surface area contributed by atoms with Gasteiger partial charge in [-0.2, -0.15) is 0 Å². The van der Waals surface area contributed by atoms with E-state index in [0.29, 0.717) is 13.2 Å². The van der Waals surface area contributed by atoms with Gasteiger partial charge in [-0.05, 0) is 0 Å². The Balaban J connectivity index is 2.16. The van der Waals surface area contributed by atoms with E-state index in [-0.39, 0.29) is 11.4 Å². The summed E-state index contributed by atoms with van der Waals surface area (Å²) < 4.78 is 12.3. The van der Waals surface area contributed by atoms with Crippen molar-refractivity contribution in [1.82, 2.24) is 0 Å². The van der Waals surface area contributed by atoms with Crippen molar-refractivity contribution < 1.29 is 9.47 Å². The van der Waals surface area contributed by atoms with Gasteiger partial charge in [0.25, 0.3) is 0 Å². The molecule has 0 aliphatic carbocycles. The molecule has 0 aromatic heterocycles. The third-order valence-electron chi connectivity index (χ3n) is 6.00. The SMILES string of the molecule is CC(C)(C1OCCO1)P(Br)(c1ccccc1)(c1ccccc1)c1ccccc1. The molecule has 4 heteroatoms. The summed E-state index contributed by atoms with van der Waals surface area (Å²) in [5, 5.41) is 0.287. The van der Waals surface area contributed by atoms with E-state index in [1.54, 1.807) is 0 Å². The molecule has 146 valence electrons. The van der Waals surface area contributed by atoms with E-state index in [1.807, 2.05) is 0 Å². The summed E-state index contributed by atoms with van der Waals surface area (Å²) in [4.78, 5) is 0. The molecule has 4 rings (SSSR count). The molecule has 1 aliphatic rings. The Morgan fingerprint density at radius 3 is 1.32 bits per heavy atom. The standard InChI is InChI=1S/C24H26BrO2P/c1-24(2,23-26-18-19-27-23)28(25,20-12-6-3-7-13-20,21-14-8-4-9-15-21)22-16-10-5-11-17-22/h3-17,23H,18-19H2,1-2H3. The van der Waals surface area contributed by atoms with Crippen LogP contribution in [-0.2, 0) is 9.47 Å². The molecule has 0 amide bonds. The monoisotopic (exact) mass is 456 g/mol. The van der Waals surface area contributed by atoms with Crippen molar-refractivity contribution in [2.75, 3.05) is 13.2 Å². The quantitative estimate of drug-likeness (QED) is 0.504. The molecule has 0 unspecified atom stereocenters. The molecule has 1 aliphatic heterocycles. The van der Waals surface area contributed by atoms with E-state index in [1.165, 1.54) is 15.9 Å². The Morgan fingerprint density at radius 1 is 0.679 bits per heavy atom. The first kappa shape index (κ1) is 19.8. The summed E-state index contributed by atoms with van der Waals surface area (Å²) in [6.07, 6.45) is -0.301. The number of ether oxygens (including phenoxy) is 2. The summed E-state index contributed by atoms with van der Waals surface area (Å²) in [7, 11) is 0. The van der Waals surface area contributed by atoms with Gasteiger partial charge in [0.2, 0.25) is 0 Å². The van der Waals surface area contributed by atoms with E-state index in [4.69, 9.17) is 9.47 Å². The van der Waals surface area contributed by atoms with Crippen LogP contribution in [0.25, 0.3) is 0 Å². The Morgan fingerprint density at radius 2 is 1.00 bits per heavy atom. The van der Waals surface area contributed by atoms with Crippen LogP contribution >= 0.6 is 20.8 Å². The molecule has 0 N–H and O–H groups in total. The maximum absolute atomic E-state index is 6.13. The molecule has 3 aromatic rings. The van der Waals surface area contributed by atoms with Gasteiger partial charge in [0.1, 0.15) is 0 Å². The first-order valence-corrected chi connectivity index (χ1v) is 13.9. The molecule has 0 atom stereocenters. The minimum atomic E-state index is -3.18. The van der Waals surface area contributed by atoms with Crippen LogP contribution < -0.4 is 15.9 Å². The molecule has 0 spiro atoms. The van der Waals surface area contributed by atoms with Crippen LogP contribution in [0.4, 0.5) is 0 Å². The Hall–Kier alpha value is -1.51. The van der Waals surface area contributed by atoms with Crippen molar-refractivity contribution >= 4 is 36.7 Å². The van der Waals surface area contributed by atoms with Gasteiger partial charge in [0.05, 0.1) is 0 Å². The second-order valence-corrected chi connectivity index (χ2v) is 16.7. The third-order valence-corrected chi connectivity index (χ3v) is 18.6. The van der Waals surface area contributed by atoms with Crippen LogP contribution in [0.1, 0.15) is 13.8 Å². The molecule has 1 saturated heterocycles. The summed E-state index contributed by atoms with van der Waals surface area (Å²) in [6, 6.07) is 32.4. The average Bonchev–Trinajstić information content (AvgIpc) is 3.31. The fourth-order valence-electron chi connectivity index (χ4n) is 4.53. The van der Waals surface area contributed by atoms with Gasteiger partial charge in [0.15, 0.2) is 0 Å². The van der Waals surface area contributed by atoms with Crippen molar-refractivity contribution in [2.45, 2.75) is 25.3 Å². The van der Waals surface area contributed by atoms with Gasteiger partial charge < -0.3 is 0 Å². The molecular formula is C24H26BrO2P. The van der Waals surface area contributed by atoms with Crippen molar-refractivity contribution in [3.63, 3.8) is 0 Å². The Labute approximate surface area is 175 Å². The fraction of sp³-hybridized carbons (Fsp3) is 0.250. The van der Waals surface area contributed by atoms with E-state index in [2.05, 4.69) is 120 Å². The number of rotatable bonds is 5. The zero-order valence-electron chi connectivity index (χ0n) is 16.3. The Kier molecular flexibility index (Phi) is 5.22. The van der Waals surface area contributed by atoms with Crippen molar-refractivity contribution in [2.24, 2.45) is 0 Å². The molecule has 28 heavy (non-hydrogen) atoms. The second kappa shape index (κ2) is 7.39. The summed E-state index contributed by atoms with van der Waals surface area (Å²) in [6.45, 7) is 5.82. The molecule has 0 radical (unpaired) electrons. The summed E-state index contributed by atoms with van der Waals surface area (Å²) >= 11 is 4.52. The molecule has 3 aromatic carbocycles. The number of benzene rings is 3. The third kappa shape index (κ3) is 2.64. The predicted molar refractivity (Wildman–Crippen MR) is 124 cm³/mol. The first-order valence-electron chi connectivity index (χ1n) is 9.63. The molecule has 0 bridgehead atoms. The van der Waals surface area contributed by atoms with E-state index in [9.17, 15) is 0 Å². The zero-order chi connectivity index (χ0) is 19.7. The van der Waals surface area contributed by atoms with E-state index < -0.39 is 5.31 Å². The minimum absolute atomic E-state index is 0.301. The van der Waals surface area contributed by atoms with E-state index in [0.717, 1.165) is 0 Å². The topological polar surface area (TPSA) is 18.5 Å². The van der Waals surface area contributed by atoms with Gasteiger partial charge in [-0.15, -0.1) is 0 Å². The molecule has 2 nitrogen and oxygen atoms in total. The van der Waals surface area contributed by atoms with Gasteiger partial charge in [0, 0.05) is 0 Å². The first-order chi connectivity index (χ1) is 13.5. The average molecular weight is 457 g/mol. The van der Waals surface area contributed by atoms with Crippen molar-refractivity contribution in [3.05, 3.63) is 91.0 Å². The molecule has 1 fully saturated rings. The van der Waals surface area contributed by atoms with Crippen LogP contribution in [0.2, 0.25) is 0 Å². The van der Waals surface area contributed by atoms with Crippen LogP contribution in [0.3, 0.4) is 0 Å². The number of halogens is 1. The van der Waals surface area contributed by atoms with Crippen molar-refractivity contribution in [3.8, 4) is 0 Å². The number of hydrogen-bond donors (Lipinski definition) is 0. The summed E-state index contributed by atoms with van der Waals surface area (Å²) in [5.41, 5.74) is 0. The van der Waals surface area contributed by atoms with Gasteiger partial charge in [-0.3, -0.25) is 0 Å². The summed E-state index contributed by atoms with van der Waals surface area (Å²) in [5.74, 6) is 0. The van der Waals surface area contributed by atoms with Crippen molar-refractivity contribution in [1.29, 1.82) is 0 Å². The normalized spacial score (nSPS) is 17.2.